The van der Waals surface area contributed by atoms with Crippen LogP contribution in [0.4, 0.5) is 5.69 Å². The lowest BCUT2D eigenvalue weighted by Crippen LogP contribution is -2.16. The van der Waals surface area contributed by atoms with E-state index in [1.807, 2.05) is 43.3 Å². The maximum Gasteiger partial charge on any atom is 0.271 e. The molecule has 5 nitrogen and oxygen atoms in total. The van der Waals surface area contributed by atoms with Gasteiger partial charge >= 0.3 is 0 Å². The van der Waals surface area contributed by atoms with Crippen LogP contribution in [0.3, 0.4) is 0 Å². The van der Waals surface area contributed by atoms with E-state index in [0.29, 0.717) is 10.9 Å². The summed E-state index contributed by atoms with van der Waals surface area (Å²) in [6.45, 7) is 2.03. The summed E-state index contributed by atoms with van der Waals surface area (Å²) in [7, 11) is 0. The number of primary amides is 1. The highest BCUT2D eigenvalue weighted by Crippen LogP contribution is 2.30. The van der Waals surface area contributed by atoms with Crippen LogP contribution >= 0.6 is 0 Å². The van der Waals surface area contributed by atoms with Crippen LogP contribution in [0.25, 0.3) is 22.0 Å². The van der Waals surface area contributed by atoms with E-state index < -0.39 is 5.91 Å². The summed E-state index contributed by atoms with van der Waals surface area (Å²) in [4.78, 5) is 11.3. The van der Waals surface area contributed by atoms with Gasteiger partial charge in [-0.05, 0) is 12.5 Å². The van der Waals surface area contributed by atoms with E-state index in [1.165, 1.54) is 0 Å². The number of amides is 1. The molecule has 21 heavy (non-hydrogen) atoms. The predicted octanol–water partition coefficient (Wildman–Crippen LogP) is 2.29. The molecule has 0 unspecified atom stereocenters. The molecule has 0 spiro atoms. The summed E-state index contributed by atoms with van der Waals surface area (Å²) < 4.78 is 0. The molecule has 1 aromatic heterocycles. The third-order valence-corrected chi connectivity index (χ3v) is 3.39. The minimum atomic E-state index is -0.678. The zero-order chi connectivity index (χ0) is 15.0. The lowest BCUT2D eigenvalue weighted by atomic mass is 10.00. The third kappa shape index (κ3) is 2.18. The fourth-order valence-electron chi connectivity index (χ4n) is 2.38. The van der Waals surface area contributed by atoms with Crippen molar-refractivity contribution in [1.29, 1.82) is 0 Å². The molecule has 0 bridgehead atoms. The van der Waals surface area contributed by atoms with Gasteiger partial charge in [-0.2, -0.15) is 0 Å². The number of nitrogens with two attached hydrogens (primary N) is 2. The van der Waals surface area contributed by atoms with Gasteiger partial charge in [0, 0.05) is 10.9 Å². The topological polar surface area (TPSA) is 94.9 Å². The Hall–Kier alpha value is -2.95. The predicted molar refractivity (Wildman–Crippen MR) is 82.6 cm³/mol. The van der Waals surface area contributed by atoms with Gasteiger partial charge < -0.3 is 11.5 Å². The first-order chi connectivity index (χ1) is 10.1. The molecule has 0 aliphatic carbocycles. The summed E-state index contributed by atoms with van der Waals surface area (Å²) in [6, 6.07) is 13.7. The molecule has 0 saturated heterocycles. The molecule has 3 rings (SSSR count). The maximum atomic E-state index is 11.3. The van der Waals surface area contributed by atoms with Crippen molar-refractivity contribution in [2.75, 3.05) is 5.73 Å². The summed E-state index contributed by atoms with van der Waals surface area (Å²) >= 11 is 0. The van der Waals surface area contributed by atoms with Crippen molar-refractivity contribution in [3.05, 3.63) is 53.7 Å². The minimum absolute atomic E-state index is 0.00360. The highest BCUT2D eigenvalue weighted by atomic mass is 16.1. The summed E-state index contributed by atoms with van der Waals surface area (Å²) in [5.41, 5.74) is 15.3. The van der Waals surface area contributed by atoms with Gasteiger partial charge in [-0.25, -0.2) is 0 Å². The van der Waals surface area contributed by atoms with Crippen molar-refractivity contribution in [3.63, 3.8) is 0 Å². The van der Waals surface area contributed by atoms with E-state index in [9.17, 15) is 4.79 Å². The number of anilines is 1. The SMILES string of the molecule is Cc1cccc(-c2cccc3c(N)c(C(N)=O)nnc23)c1. The normalized spacial score (nSPS) is 10.7. The Morgan fingerprint density at radius 2 is 1.86 bits per heavy atom. The number of benzene rings is 2. The van der Waals surface area contributed by atoms with Gasteiger partial charge in [-0.1, -0.05) is 48.0 Å². The second kappa shape index (κ2) is 4.86. The molecule has 2 aromatic carbocycles. The Morgan fingerprint density at radius 3 is 2.57 bits per heavy atom. The van der Waals surface area contributed by atoms with Crippen LogP contribution in [0.2, 0.25) is 0 Å². The standard InChI is InChI=1S/C16H14N4O/c1-9-4-2-5-10(8-9)11-6-3-7-12-13(17)15(16(18)21)20-19-14(11)12/h2-8H,1H3,(H2,17,19)(H2,18,21). The molecular weight excluding hydrogens is 264 g/mol. The zero-order valence-electron chi connectivity index (χ0n) is 11.5. The maximum absolute atomic E-state index is 11.3. The molecule has 1 heterocycles. The number of aryl methyl sites for hydroxylation is 1. The summed E-state index contributed by atoms with van der Waals surface area (Å²) in [5, 5.41) is 8.68. The average molecular weight is 278 g/mol. The van der Waals surface area contributed by atoms with Gasteiger partial charge in [0.05, 0.1) is 5.69 Å². The molecule has 3 aromatic rings. The van der Waals surface area contributed by atoms with Crippen molar-refractivity contribution in [2.24, 2.45) is 5.73 Å². The van der Waals surface area contributed by atoms with Gasteiger partial charge in [0.1, 0.15) is 5.52 Å². The zero-order valence-corrected chi connectivity index (χ0v) is 11.5. The number of nitrogen functional groups attached to an aromatic ring is 1. The minimum Gasteiger partial charge on any atom is -0.396 e. The molecule has 0 radical (unpaired) electrons. The van der Waals surface area contributed by atoms with Crippen LogP contribution in [0.15, 0.2) is 42.5 Å². The number of nitrogens with zero attached hydrogens (tertiary/aromatic N) is 2. The molecule has 1 amide bonds. The van der Waals surface area contributed by atoms with Crippen molar-refractivity contribution < 1.29 is 4.79 Å². The number of carbonyl (C=O) groups is 1. The molecule has 0 aliphatic heterocycles. The molecule has 4 N–H and O–H groups in total. The van der Waals surface area contributed by atoms with Crippen LogP contribution in [-0.4, -0.2) is 16.1 Å². The van der Waals surface area contributed by atoms with E-state index in [4.69, 9.17) is 11.5 Å². The Bertz CT molecular complexity index is 858. The largest absolute Gasteiger partial charge is 0.396 e. The highest BCUT2D eigenvalue weighted by molar-refractivity contribution is 6.07. The monoisotopic (exact) mass is 278 g/mol. The Kier molecular flexibility index (Phi) is 3.02. The molecule has 0 saturated carbocycles. The lowest BCUT2D eigenvalue weighted by molar-refractivity contribution is 0.0996. The number of rotatable bonds is 2. The first kappa shape index (κ1) is 13.1. The van der Waals surface area contributed by atoms with E-state index >= 15 is 0 Å². The Morgan fingerprint density at radius 1 is 1.10 bits per heavy atom. The molecule has 104 valence electrons. The lowest BCUT2D eigenvalue weighted by Gasteiger charge is -2.09. The van der Waals surface area contributed by atoms with Gasteiger partial charge in [0.15, 0.2) is 5.69 Å². The van der Waals surface area contributed by atoms with E-state index in [0.717, 1.165) is 16.7 Å². The number of hydrogen-bond acceptors (Lipinski definition) is 4. The highest BCUT2D eigenvalue weighted by Gasteiger charge is 2.14. The summed E-state index contributed by atoms with van der Waals surface area (Å²) in [5.74, 6) is -0.678. The quantitative estimate of drug-likeness (QED) is 0.751. The van der Waals surface area contributed by atoms with Gasteiger partial charge in [-0.3, -0.25) is 4.79 Å². The van der Waals surface area contributed by atoms with Crippen molar-refractivity contribution >= 4 is 22.5 Å². The van der Waals surface area contributed by atoms with E-state index in [2.05, 4.69) is 16.3 Å². The molecule has 0 fully saturated rings. The van der Waals surface area contributed by atoms with E-state index in [1.54, 1.807) is 0 Å². The third-order valence-electron chi connectivity index (χ3n) is 3.39. The fraction of sp³-hybridized carbons (Fsp3) is 0.0625. The smallest absolute Gasteiger partial charge is 0.271 e. The second-order valence-electron chi connectivity index (χ2n) is 4.90. The number of aromatic nitrogens is 2. The number of hydrogen-bond donors (Lipinski definition) is 2. The molecular formula is C16H14N4O. The van der Waals surface area contributed by atoms with Crippen LogP contribution in [0, 0.1) is 6.92 Å². The Balaban J connectivity index is 2.31. The van der Waals surface area contributed by atoms with Gasteiger partial charge in [0.25, 0.3) is 5.91 Å². The van der Waals surface area contributed by atoms with Crippen molar-refractivity contribution in [2.45, 2.75) is 6.92 Å². The van der Waals surface area contributed by atoms with Gasteiger partial charge in [0.2, 0.25) is 0 Å². The number of carbonyl (C=O) groups excluding carboxylic acids is 1. The Labute approximate surface area is 121 Å². The first-order valence-corrected chi connectivity index (χ1v) is 6.49. The second-order valence-corrected chi connectivity index (χ2v) is 4.90. The summed E-state index contributed by atoms with van der Waals surface area (Å²) in [6.07, 6.45) is 0. The molecule has 5 heteroatoms. The van der Waals surface area contributed by atoms with Crippen LogP contribution < -0.4 is 11.5 Å². The molecule has 0 atom stereocenters. The fourth-order valence-corrected chi connectivity index (χ4v) is 2.38. The van der Waals surface area contributed by atoms with E-state index in [-0.39, 0.29) is 11.4 Å². The van der Waals surface area contributed by atoms with Crippen LogP contribution in [0.5, 0.6) is 0 Å². The number of fused-ring (bicyclic) bond motifs is 1. The first-order valence-electron chi connectivity index (χ1n) is 6.49. The van der Waals surface area contributed by atoms with Crippen molar-refractivity contribution in [3.8, 4) is 11.1 Å². The van der Waals surface area contributed by atoms with Crippen LogP contribution in [0.1, 0.15) is 16.1 Å². The van der Waals surface area contributed by atoms with Crippen LogP contribution in [-0.2, 0) is 0 Å². The van der Waals surface area contributed by atoms with Gasteiger partial charge in [-0.15, -0.1) is 10.2 Å². The van der Waals surface area contributed by atoms with Crippen molar-refractivity contribution in [1.82, 2.24) is 10.2 Å². The molecule has 0 aliphatic rings. The average Bonchev–Trinajstić information content (AvgIpc) is 2.47.